The number of nitrogens with one attached hydrogen (secondary N) is 1. The second-order valence-electron chi connectivity index (χ2n) is 5.07. The number of nitrogens with zero attached hydrogens (tertiary/aromatic N) is 2. The summed E-state index contributed by atoms with van der Waals surface area (Å²) in [6.07, 6.45) is 3.87. The number of hydrogen-bond donors (Lipinski definition) is 1. The summed E-state index contributed by atoms with van der Waals surface area (Å²) in [7, 11) is 1.40. The highest BCUT2D eigenvalue weighted by molar-refractivity contribution is 7.09. The third-order valence-corrected chi connectivity index (χ3v) is 4.66. The highest BCUT2D eigenvalue weighted by Gasteiger charge is 2.28. The van der Waals surface area contributed by atoms with Crippen LogP contribution in [0.1, 0.15) is 37.2 Å². The van der Waals surface area contributed by atoms with Crippen LogP contribution in [0.25, 0.3) is 0 Å². The molecule has 0 spiro atoms. The molecule has 116 valence electrons. The van der Waals surface area contributed by atoms with E-state index >= 15 is 0 Å². The van der Waals surface area contributed by atoms with Crippen LogP contribution < -0.4 is 5.32 Å². The van der Waals surface area contributed by atoms with Crippen LogP contribution in [-0.2, 0) is 9.53 Å². The molecule has 0 radical (unpaired) electrons. The molecule has 1 aromatic heterocycles. The first kappa shape index (κ1) is 15.8. The van der Waals surface area contributed by atoms with Crippen LogP contribution in [0.5, 0.6) is 0 Å². The van der Waals surface area contributed by atoms with Gasteiger partial charge in [-0.25, -0.2) is 9.78 Å². The van der Waals surface area contributed by atoms with E-state index in [1.807, 2.05) is 12.3 Å². The molecule has 1 saturated heterocycles. The maximum Gasteiger partial charge on any atom is 0.317 e. The smallest absolute Gasteiger partial charge is 0.317 e. The van der Waals surface area contributed by atoms with Crippen LogP contribution in [0.4, 0.5) is 4.79 Å². The van der Waals surface area contributed by atoms with Gasteiger partial charge in [-0.15, -0.1) is 11.3 Å². The molecule has 0 aliphatic carbocycles. The second kappa shape index (κ2) is 7.40. The molecule has 0 bridgehead atoms. The van der Waals surface area contributed by atoms with Gasteiger partial charge < -0.3 is 15.0 Å². The number of amides is 2. The maximum absolute atomic E-state index is 12.3. The Kier molecular flexibility index (Phi) is 5.55. The summed E-state index contributed by atoms with van der Waals surface area (Å²) in [5, 5.41) is 5.85. The van der Waals surface area contributed by atoms with Crippen LogP contribution in [0.3, 0.4) is 0 Å². The minimum Gasteiger partial charge on any atom is -0.469 e. The molecule has 1 aromatic rings. The molecule has 1 unspecified atom stereocenters. The van der Waals surface area contributed by atoms with E-state index in [1.165, 1.54) is 7.11 Å². The minimum atomic E-state index is -0.177. The molecule has 21 heavy (non-hydrogen) atoms. The summed E-state index contributed by atoms with van der Waals surface area (Å²) in [6, 6.07) is -0.129. The van der Waals surface area contributed by atoms with Gasteiger partial charge in [0.2, 0.25) is 0 Å². The van der Waals surface area contributed by atoms with Crippen LogP contribution >= 0.6 is 11.3 Å². The number of esters is 1. The largest absolute Gasteiger partial charge is 0.469 e. The zero-order chi connectivity index (χ0) is 15.2. The number of carbonyl (C=O) groups is 2. The molecule has 2 amide bonds. The Balaban J connectivity index is 1.86. The average molecular weight is 311 g/mol. The van der Waals surface area contributed by atoms with Gasteiger partial charge in [0.05, 0.1) is 19.1 Å². The number of methoxy groups -OCH3 is 1. The molecule has 1 aliphatic rings. The lowest BCUT2D eigenvalue weighted by Gasteiger charge is -2.31. The van der Waals surface area contributed by atoms with E-state index in [9.17, 15) is 9.59 Å². The first-order valence-electron chi connectivity index (χ1n) is 7.18. The number of rotatable bonds is 4. The summed E-state index contributed by atoms with van der Waals surface area (Å²) in [5.41, 5.74) is 0. The van der Waals surface area contributed by atoms with E-state index < -0.39 is 0 Å². The molecule has 6 nitrogen and oxygen atoms in total. The lowest BCUT2D eigenvalue weighted by Crippen LogP contribution is -2.46. The van der Waals surface area contributed by atoms with Crippen molar-refractivity contribution in [3.63, 3.8) is 0 Å². The maximum atomic E-state index is 12.3. The standard InChI is InChI=1S/C14H21N3O3S/c1-3-11(12-15-6-9-21-12)16-14(19)17-7-4-10(5-8-17)13(18)20-2/h6,9-11H,3-5,7-8H2,1-2H3,(H,16,19). The molecule has 0 aromatic carbocycles. The zero-order valence-electron chi connectivity index (χ0n) is 12.4. The van der Waals surface area contributed by atoms with E-state index in [2.05, 4.69) is 10.3 Å². The fourth-order valence-electron chi connectivity index (χ4n) is 2.47. The van der Waals surface area contributed by atoms with Crippen molar-refractivity contribution in [3.05, 3.63) is 16.6 Å². The van der Waals surface area contributed by atoms with Crippen molar-refractivity contribution in [3.8, 4) is 0 Å². The van der Waals surface area contributed by atoms with Crippen molar-refractivity contribution in [1.29, 1.82) is 0 Å². The Morgan fingerprint density at radius 2 is 2.24 bits per heavy atom. The van der Waals surface area contributed by atoms with Crippen molar-refractivity contribution < 1.29 is 14.3 Å². The van der Waals surface area contributed by atoms with Gasteiger partial charge in [-0.05, 0) is 19.3 Å². The van der Waals surface area contributed by atoms with Gasteiger partial charge in [0, 0.05) is 24.7 Å². The SMILES string of the molecule is CCC(NC(=O)N1CCC(C(=O)OC)CC1)c1nccs1. The number of ether oxygens (including phenoxy) is 1. The van der Waals surface area contributed by atoms with Crippen molar-refractivity contribution in [2.75, 3.05) is 20.2 Å². The van der Waals surface area contributed by atoms with Crippen molar-refractivity contribution in [1.82, 2.24) is 15.2 Å². The van der Waals surface area contributed by atoms with Gasteiger partial charge in [0.15, 0.2) is 0 Å². The van der Waals surface area contributed by atoms with Crippen molar-refractivity contribution in [2.45, 2.75) is 32.2 Å². The zero-order valence-corrected chi connectivity index (χ0v) is 13.2. The van der Waals surface area contributed by atoms with E-state index in [0.29, 0.717) is 25.9 Å². The summed E-state index contributed by atoms with van der Waals surface area (Å²) in [6.45, 7) is 3.19. The third kappa shape index (κ3) is 3.93. The van der Waals surface area contributed by atoms with E-state index in [4.69, 9.17) is 4.74 Å². The molecule has 2 heterocycles. The number of likely N-dealkylation sites (tertiary alicyclic amines) is 1. The molecule has 1 atom stereocenters. The summed E-state index contributed by atoms with van der Waals surface area (Å²) >= 11 is 1.55. The van der Waals surface area contributed by atoms with E-state index in [-0.39, 0.29) is 24.0 Å². The number of urea groups is 1. The topological polar surface area (TPSA) is 71.5 Å². The van der Waals surface area contributed by atoms with Gasteiger partial charge in [-0.2, -0.15) is 0 Å². The van der Waals surface area contributed by atoms with Crippen LogP contribution in [0, 0.1) is 5.92 Å². The molecule has 1 fully saturated rings. The van der Waals surface area contributed by atoms with E-state index in [1.54, 1.807) is 22.4 Å². The van der Waals surface area contributed by atoms with Gasteiger partial charge in [-0.3, -0.25) is 4.79 Å². The second-order valence-corrected chi connectivity index (χ2v) is 5.99. The third-order valence-electron chi connectivity index (χ3n) is 3.77. The normalized spacial score (nSPS) is 17.3. The predicted octanol–water partition coefficient (Wildman–Crippen LogP) is 2.19. The molecule has 7 heteroatoms. The van der Waals surface area contributed by atoms with Crippen molar-refractivity contribution in [2.24, 2.45) is 5.92 Å². The summed E-state index contributed by atoms with van der Waals surface area (Å²) in [5.74, 6) is -0.260. The van der Waals surface area contributed by atoms with Crippen LogP contribution in [0.15, 0.2) is 11.6 Å². The van der Waals surface area contributed by atoms with Crippen LogP contribution in [0.2, 0.25) is 0 Å². The Morgan fingerprint density at radius 3 is 2.76 bits per heavy atom. The number of thiazole rings is 1. The number of aromatic nitrogens is 1. The van der Waals surface area contributed by atoms with E-state index in [0.717, 1.165) is 11.4 Å². The number of carbonyl (C=O) groups excluding carboxylic acids is 2. The van der Waals surface area contributed by atoms with Gasteiger partial charge in [0.1, 0.15) is 5.01 Å². The number of piperidine rings is 1. The van der Waals surface area contributed by atoms with Gasteiger partial charge >= 0.3 is 12.0 Å². The lowest BCUT2D eigenvalue weighted by molar-refractivity contribution is -0.146. The Morgan fingerprint density at radius 1 is 1.52 bits per heavy atom. The fourth-order valence-corrected chi connectivity index (χ4v) is 3.24. The summed E-state index contributed by atoms with van der Waals surface area (Å²) in [4.78, 5) is 29.8. The number of hydrogen-bond acceptors (Lipinski definition) is 5. The lowest BCUT2D eigenvalue weighted by atomic mass is 9.97. The van der Waals surface area contributed by atoms with Crippen LogP contribution in [-0.4, -0.2) is 42.1 Å². The molecule has 0 saturated carbocycles. The Labute approximate surface area is 128 Å². The summed E-state index contributed by atoms with van der Waals surface area (Å²) < 4.78 is 4.75. The molecule has 1 aliphatic heterocycles. The predicted molar refractivity (Wildman–Crippen MR) is 80.0 cm³/mol. The molecule has 1 N–H and O–H groups in total. The molecule has 2 rings (SSSR count). The molecular weight excluding hydrogens is 290 g/mol. The average Bonchev–Trinajstić information content (AvgIpc) is 3.06. The monoisotopic (exact) mass is 311 g/mol. The minimum absolute atomic E-state index is 0.0455. The quantitative estimate of drug-likeness (QED) is 0.865. The van der Waals surface area contributed by atoms with Gasteiger partial charge in [0.25, 0.3) is 0 Å². The first-order chi connectivity index (χ1) is 10.2. The Bertz CT molecular complexity index is 470. The van der Waals surface area contributed by atoms with Crippen molar-refractivity contribution >= 4 is 23.3 Å². The molecular formula is C14H21N3O3S. The highest BCUT2D eigenvalue weighted by Crippen LogP contribution is 2.21. The fraction of sp³-hybridized carbons (Fsp3) is 0.643. The first-order valence-corrected chi connectivity index (χ1v) is 8.06. The van der Waals surface area contributed by atoms with Gasteiger partial charge in [-0.1, -0.05) is 6.92 Å². The highest BCUT2D eigenvalue weighted by atomic mass is 32.1. The Hall–Kier alpha value is -1.63.